The third kappa shape index (κ3) is 11.1. The van der Waals surface area contributed by atoms with Gasteiger partial charge in [-0.2, -0.15) is 0 Å². The van der Waals surface area contributed by atoms with Gasteiger partial charge in [0.15, 0.2) is 16.7 Å². The van der Waals surface area contributed by atoms with Crippen LogP contribution in [0.2, 0.25) is 0 Å². The molecule has 0 radical (unpaired) electrons. The number of ketones is 2. The largest absolute Gasteiger partial charge is 0.494 e. The Kier molecular flexibility index (Phi) is 13.6. The van der Waals surface area contributed by atoms with E-state index >= 15 is 0 Å². The quantitative estimate of drug-likeness (QED) is 0.0854. The lowest BCUT2D eigenvalue weighted by Gasteiger charge is -2.36. The Bertz CT molecular complexity index is 1540. The van der Waals surface area contributed by atoms with Crippen molar-refractivity contribution in [3.63, 3.8) is 0 Å². The maximum atomic E-state index is 13.8. The van der Waals surface area contributed by atoms with Crippen molar-refractivity contribution < 1.29 is 23.9 Å². The molecule has 262 valence electrons. The molecule has 3 aromatic rings. The van der Waals surface area contributed by atoms with E-state index in [1.165, 1.54) is 11.8 Å². The van der Waals surface area contributed by atoms with Gasteiger partial charge in [0.25, 0.3) is 0 Å². The van der Waals surface area contributed by atoms with Gasteiger partial charge in [-0.15, -0.1) is 0 Å². The fourth-order valence-corrected chi connectivity index (χ4v) is 7.00. The minimum Gasteiger partial charge on any atom is -0.494 e. The van der Waals surface area contributed by atoms with Crippen molar-refractivity contribution in [2.75, 3.05) is 51.7 Å². The lowest BCUT2D eigenvalue weighted by atomic mass is 10.1. The Balaban J connectivity index is 1.17. The number of aromatic nitrogens is 2. The van der Waals surface area contributed by atoms with Crippen LogP contribution in [0.5, 0.6) is 11.5 Å². The molecule has 2 aliphatic rings. The Morgan fingerprint density at radius 2 is 1.63 bits per heavy atom. The molecular weight excluding hydrogens is 641 g/mol. The molecule has 3 heterocycles. The van der Waals surface area contributed by atoms with E-state index in [4.69, 9.17) is 15.2 Å². The van der Waals surface area contributed by atoms with Gasteiger partial charge in [-0.05, 0) is 114 Å². The average molecular weight is 689 g/mol. The average Bonchev–Trinajstić information content (AvgIpc) is 3.75. The van der Waals surface area contributed by atoms with Crippen LogP contribution in [-0.4, -0.2) is 106 Å². The van der Waals surface area contributed by atoms with E-state index in [-0.39, 0.29) is 41.9 Å². The van der Waals surface area contributed by atoms with Crippen molar-refractivity contribution >= 4 is 29.2 Å². The number of amides is 1. The number of carbonyl (C=O) groups excluding carboxylic acids is 3. The molecule has 2 aromatic carbocycles. The minimum absolute atomic E-state index is 0.0199. The fourth-order valence-electron chi connectivity index (χ4n) is 6.25. The maximum Gasteiger partial charge on any atom is 0.247 e. The zero-order chi connectivity index (χ0) is 34.6. The summed E-state index contributed by atoms with van der Waals surface area (Å²) in [4.78, 5) is 50.0. The van der Waals surface area contributed by atoms with Crippen LogP contribution in [0.15, 0.2) is 66.0 Å². The van der Waals surface area contributed by atoms with Gasteiger partial charge in [-0.3, -0.25) is 19.4 Å². The van der Waals surface area contributed by atoms with Gasteiger partial charge in [0, 0.05) is 54.7 Å². The lowest BCUT2D eigenvalue weighted by Crippen LogP contribution is -2.51. The molecule has 2 saturated heterocycles. The van der Waals surface area contributed by atoms with Crippen LogP contribution >= 0.6 is 11.8 Å². The van der Waals surface area contributed by atoms with Crippen molar-refractivity contribution in [2.45, 2.75) is 69.6 Å². The van der Waals surface area contributed by atoms with Crippen LogP contribution in [0.3, 0.4) is 0 Å². The summed E-state index contributed by atoms with van der Waals surface area (Å²) in [5, 5.41) is 4.24. The van der Waals surface area contributed by atoms with E-state index in [0.29, 0.717) is 41.8 Å². The Morgan fingerprint density at radius 1 is 0.939 bits per heavy atom. The third-order valence-corrected chi connectivity index (χ3v) is 9.76. The number of benzene rings is 2. The number of nitrogens with zero attached hydrogens (tertiary/aromatic N) is 5. The third-order valence-electron chi connectivity index (χ3n) is 8.92. The number of carbonyl (C=O) groups is 3. The van der Waals surface area contributed by atoms with Gasteiger partial charge >= 0.3 is 0 Å². The van der Waals surface area contributed by atoms with Crippen LogP contribution in [-0.2, 0) is 4.79 Å². The molecule has 2 atom stereocenters. The van der Waals surface area contributed by atoms with E-state index < -0.39 is 0 Å². The van der Waals surface area contributed by atoms with Crippen LogP contribution in [0, 0.1) is 6.92 Å². The number of hydrazine groups is 1. The molecule has 0 spiro atoms. The van der Waals surface area contributed by atoms with Gasteiger partial charge in [-0.25, -0.2) is 15.0 Å². The fraction of sp³-hybridized carbons (Fsp3) is 0.486. The Morgan fingerprint density at radius 3 is 2.29 bits per heavy atom. The first-order valence-electron chi connectivity index (χ1n) is 17.2. The Labute approximate surface area is 293 Å². The van der Waals surface area contributed by atoms with Gasteiger partial charge in [0.1, 0.15) is 18.0 Å². The zero-order valence-corrected chi connectivity index (χ0v) is 29.4. The van der Waals surface area contributed by atoms with Gasteiger partial charge in [0.05, 0.1) is 19.0 Å². The molecule has 0 bridgehead atoms. The molecule has 11 nitrogen and oxygen atoms in total. The summed E-state index contributed by atoms with van der Waals surface area (Å²) in [6.07, 6.45) is 7.10. The zero-order valence-electron chi connectivity index (χ0n) is 28.6. The van der Waals surface area contributed by atoms with Crippen molar-refractivity contribution in [1.82, 2.24) is 24.9 Å². The molecule has 1 aromatic heterocycles. The second-order valence-electron chi connectivity index (χ2n) is 12.7. The summed E-state index contributed by atoms with van der Waals surface area (Å²) in [5.41, 5.74) is 8.02. The lowest BCUT2D eigenvalue weighted by molar-refractivity contribution is -0.146. The number of rotatable bonds is 18. The van der Waals surface area contributed by atoms with E-state index in [0.717, 1.165) is 69.6 Å². The van der Waals surface area contributed by atoms with Gasteiger partial charge < -0.3 is 20.1 Å². The second-order valence-corrected chi connectivity index (χ2v) is 13.7. The summed E-state index contributed by atoms with van der Waals surface area (Å²) >= 11 is 1.28. The van der Waals surface area contributed by atoms with Gasteiger partial charge in [-0.1, -0.05) is 11.8 Å². The number of aryl methyl sites for hydroxylation is 1. The number of hydrogen-bond acceptors (Lipinski definition) is 11. The SMILES string of the molecule is CC(=O)c1ccc(OCCC[C@H]2CCCN2N(CC(=O)c2ccc(OCCCN3CC[C@@H](N)C3)cc2)C(=O)CSc2nccc(C)n2)cc1. The van der Waals surface area contributed by atoms with Crippen molar-refractivity contribution in [2.24, 2.45) is 5.73 Å². The number of likely N-dealkylation sites (tertiary alicyclic amines) is 1. The smallest absolute Gasteiger partial charge is 0.247 e. The number of thioether (sulfide) groups is 1. The summed E-state index contributed by atoms with van der Waals surface area (Å²) < 4.78 is 11.9. The van der Waals surface area contributed by atoms with Crippen molar-refractivity contribution in [3.05, 3.63) is 77.6 Å². The number of hydrogen-bond donors (Lipinski definition) is 1. The number of nitrogens with two attached hydrogens (primary N) is 1. The highest BCUT2D eigenvalue weighted by Gasteiger charge is 2.33. The van der Waals surface area contributed by atoms with Gasteiger partial charge in [0.2, 0.25) is 5.91 Å². The number of Topliss-reactive ketones (excluding diaryl/α,β-unsaturated/α-hetero) is 2. The molecule has 2 N–H and O–H groups in total. The van der Waals surface area contributed by atoms with Crippen molar-refractivity contribution in [1.29, 1.82) is 0 Å². The van der Waals surface area contributed by atoms with Crippen LogP contribution in [0.1, 0.15) is 71.9 Å². The topological polar surface area (TPSA) is 131 Å². The normalized spacial score (nSPS) is 18.0. The van der Waals surface area contributed by atoms with Crippen LogP contribution < -0.4 is 15.2 Å². The molecule has 2 fully saturated rings. The summed E-state index contributed by atoms with van der Waals surface area (Å²) in [7, 11) is 0. The monoisotopic (exact) mass is 688 g/mol. The Hall–Kier alpha value is -3.84. The molecular formula is C37H48N6O5S. The molecule has 0 unspecified atom stereocenters. The summed E-state index contributed by atoms with van der Waals surface area (Å²) in [5.74, 6) is 1.28. The molecule has 1 amide bonds. The van der Waals surface area contributed by atoms with E-state index in [1.807, 2.05) is 37.3 Å². The molecule has 49 heavy (non-hydrogen) atoms. The molecule has 12 heteroatoms. The highest BCUT2D eigenvalue weighted by atomic mass is 32.2. The van der Waals surface area contributed by atoms with Crippen molar-refractivity contribution in [3.8, 4) is 11.5 Å². The minimum atomic E-state index is -0.156. The maximum absolute atomic E-state index is 13.8. The first-order valence-corrected chi connectivity index (χ1v) is 18.2. The first kappa shape index (κ1) is 36.4. The molecule has 2 aliphatic heterocycles. The predicted molar refractivity (Wildman–Crippen MR) is 190 cm³/mol. The first-order chi connectivity index (χ1) is 23.7. The molecule has 0 aliphatic carbocycles. The highest BCUT2D eigenvalue weighted by molar-refractivity contribution is 7.99. The molecule has 5 rings (SSSR count). The molecule has 0 saturated carbocycles. The standard InChI is InChI=1S/C37H48N6O5S/c1-27-16-18-39-37(40-27)49-26-36(46)43(42-20-3-6-32(42)7-4-22-47-33-12-8-29(9-13-33)28(2)44)25-35(45)30-10-14-34(15-11-30)48-23-5-19-41-21-17-31(38)24-41/h8-16,18,31-32H,3-7,17,19-26,38H2,1-2H3/t31-,32-/m1/s1. The van der Waals surface area contributed by atoms with E-state index in [1.54, 1.807) is 42.4 Å². The summed E-state index contributed by atoms with van der Waals surface area (Å²) in [6, 6.07) is 16.5. The van der Waals surface area contributed by atoms with E-state index in [9.17, 15) is 14.4 Å². The summed E-state index contributed by atoms with van der Waals surface area (Å²) in [6.45, 7) is 8.13. The van der Waals surface area contributed by atoms with Crippen LogP contribution in [0.25, 0.3) is 0 Å². The highest BCUT2D eigenvalue weighted by Crippen LogP contribution is 2.26. The second kappa shape index (κ2) is 18.2. The predicted octanol–water partition coefficient (Wildman–Crippen LogP) is 4.83. The van der Waals surface area contributed by atoms with E-state index in [2.05, 4.69) is 19.9 Å². The van der Waals surface area contributed by atoms with Crippen LogP contribution in [0.4, 0.5) is 0 Å². The number of ether oxygens (including phenoxy) is 2.